The van der Waals surface area contributed by atoms with Gasteiger partial charge < -0.3 is 14.8 Å². The van der Waals surface area contributed by atoms with Crippen LogP contribution in [-0.4, -0.2) is 29.4 Å². The molecule has 1 heterocycles. The molecule has 0 radical (unpaired) electrons. The zero-order valence-electron chi connectivity index (χ0n) is 15.0. The van der Waals surface area contributed by atoms with Gasteiger partial charge in [0.1, 0.15) is 17.3 Å². The number of benzene rings is 2. The monoisotopic (exact) mass is 351 g/mol. The summed E-state index contributed by atoms with van der Waals surface area (Å²) in [7, 11) is 3.41. The predicted molar refractivity (Wildman–Crippen MR) is 101 cm³/mol. The summed E-state index contributed by atoms with van der Waals surface area (Å²) in [4.78, 5) is 12.5. The smallest absolute Gasteiger partial charge is 0.256 e. The van der Waals surface area contributed by atoms with E-state index in [1.54, 1.807) is 37.0 Å². The number of aromatic nitrogens is 2. The minimum absolute atomic E-state index is 0.216. The van der Waals surface area contributed by atoms with Crippen LogP contribution in [-0.2, 0) is 7.05 Å². The molecule has 1 aromatic heterocycles. The van der Waals surface area contributed by atoms with Gasteiger partial charge in [-0.05, 0) is 37.3 Å². The number of hydrogen-bond acceptors (Lipinski definition) is 4. The lowest BCUT2D eigenvalue weighted by Crippen LogP contribution is -2.14. The highest BCUT2D eigenvalue weighted by molar-refractivity contribution is 6.04. The molecular weight excluding hydrogens is 330 g/mol. The van der Waals surface area contributed by atoms with E-state index in [0.29, 0.717) is 23.7 Å². The summed E-state index contributed by atoms with van der Waals surface area (Å²) in [6, 6.07) is 16.5. The molecule has 3 aromatic rings. The quantitative estimate of drug-likeness (QED) is 0.735. The van der Waals surface area contributed by atoms with Crippen molar-refractivity contribution in [3.05, 3.63) is 60.2 Å². The molecule has 134 valence electrons. The van der Waals surface area contributed by atoms with Gasteiger partial charge in [0.25, 0.3) is 5.91 Å². The second-order valence-electron chi connectivity index (χ2n) is 5.69. The molecule has 1 amide bonds. The summed E-state index contributed by atoms with van der Waals surface area (Å²) in [6.07, 6.45) is 0. The standard InChI is InChI=1S/C20H21N3O3/c1-4-26-17-10-6-8-15(12-17)20(24)21-19-13-18(22-23(19)2)14-7-5-9-16(11-14)25-3/h5-13H,4H2,1-3H3,(H,21,24). The minimum Gasteiger partial charge on any atom is -0.497 e. The molecule has 6 heteroatoms. The zero-order chi connectivity index (χ0) is 18.5. The fraction of sp³-hybridized carbons (Fsp3) is 0.200. The van der Waals surface area contributed by atoms with E-state index in [1.807, 2.05) is 43.3 Å². The number of hydrogen-bond donors (Lipinski definition) is 1. The zero-order valence-corrected chi connectivity index (χ0v) is 15.0. The molecule has 26 heavy (non-hydrogen) atoms. The molecular formula is C20H21N3O3. The van der Waals surface area contributed by atoms with Gasteiger partial charge in [-0.3, -0.25) is 9.48 Å². The third-order valence-electron chi connectivity index (χ3n) is 3.89. The first-order chi connectivity index (χ1) is 12.6. The van der Waals surface area contributed by atoms with Crippen molar-refractivity contribution in [2.75, 3.05) is 19.0 Å². The molecule has 0 aliphatic heterocycles. The number of anilines is 1. The number of amides is 1. The molecule has 0 aliphatic carbocycles. The first-order valence-corrected chi connectivity index (χ1v) is 8.33. The molecule has 0 bridgehead atoms. The van der Waals surface area contributed by atoms with Gasteiger partial charge in [0.05, 0.1) is 19.4 Å². The molecule has 0 saturated carbocycles. The Hall–Kier alpha value is -3.28. The average Bonchev–Trinajstić information content (AvgIpc) is 3.03. The van der Waals surface area contributed by atoms with E-state index in [2.05, 4.69) is 10.4 Å². The van der Waals surface area contributed by atoms with Gasteiger partial charge in [0.15, 0.2) is 0 Å². The van der Waals surface area contributed by atoms with Gasteiger partial charge >= 0.3 is 0 Å². The molecule has 3 rings (SSSR count). The number of nitrogens with one attached hydrogen (secondary N) is 1. The van der Waals surface area contributed by atoms with Crippen molar-refractivity contribution in [2.45, 2.75) is 6.92 Å². The van der Waals surface area contributed by atoms with E-state index >= 15 is 0 Å². The highest BCUT2D eigenvalue weighted by Gasteiger charge is 2.13. The third-order valence-corrected chi connectivity index (χ3v) is 3.89. The van der Waals surface area contributed by atoms with Crippen LogP contribution in [0.25, 0.3) is 11.3 Å². The first kappa shape index (κ1) is 17.5. The summed E-state index contributed by atoms with van der Waals surface area (Å²) in [6.45, 7) is 2.46. The second kappa shape index (κ2) is 7.74. The summed E-state index contributed by atoms with van der Waals surface area (Å²) >= 11 is 0. The molecule has 1 N–H and O–H groups in total. The van der Waals surface area contributed by atoms with Crippen LogP contribution in [0.1, 0.15) is 17.3 Å². The van der Waals surface area contributed by atoms with Crippen LogP contribution in [0.15, 0.2) is 54.6 Å². The highest BCUT2D eigenvalue weighted by Crippen LogP contribution is 2.25. The van der Waals surface area contributed by atoms with Crippen LogP contribution in [0, 0.1) is 0 Å². The van der Waals surface area contributed by atoms with Crippen LogP contribution >= 0.6 is 0 Å². The van der Waals surface area contributed by atoms with Gasteiger partial charge in [-0.1, -0.05) is 18.2 Å². The van der Waals surface area contributed by atoms with Crippen molar-refractivity contribution in [3.63, 3.8) is 0 Å². The van der Waals surface area contributed by atoms with Crippen molar-refractivity contribution >= 4 is 11.7 Å². The highest BCUT2D eigenvalue weighted by atomic mass is 16.5. The van der Waals surface area contributed by atoms with Crippen LogP contribution in [0.4, 0.5) is 5.82 Å². The molecule has 2 aromatic carbocycles. The summed E-state index contributed by atoms with van der Waals surface area (Å²) in [5, 5.41) is 7.36. The molecule has 0 aliphatic rings. The number of aryl methyl sites for hydroxylation is 1. The van der Waals surface area contributed by atoms with E-state index in [1.165, 1.54) is 0 Å². The maximum Gasteiger partial charge on any atom is 0.256 e. The summed E-state index contributed by atoms with van der Waals surface area (Å²) in [5.41, 5.74) is 2.20. The number of carbonyl (C=O) groups excluding carboxylic acids is 1. The number of nitrogens with zero attached hydrogens (tertiary/aromatic N) is 2. The predicted octanol–water partition coefficient (Wildman–Crippen LogP) is 3.75. The third kappa shape index (κ3) is 3.85. The Labute approximate surface area is 152 Å². The van der Waals surface area contributed by atoms with Crippen LogP contribution < -0.4 is 14.8 Å². The van der Waals surface area contributed by atoms with Crippen LogP contribution in [0.2, 0.25) is 0 Å². The first-order valence-electron chi connectivity index (χ1n) is 8.33. The molecule has 0 fully saturated rings. The second-order valence-corrected chi connectivity index (χ2v) is 5.69. The van der Waals surface area contributed by atoms with Crippen LogP contribution in [0.5, 0.6) is 11.5 Å². The SMILES string of the molecule is CCOc1cccc(C(=O)Nc2cc(-c3cccc(OC)c3)nn2C)c1. The fourth-order valence-corrected chi connectivity index (χ4v) is 2.59. The normalized spacial score (nSPS) is 10.4. The van der Waals surface area contributed by atoms with Crippen LogP contribution in [0.3, 0.4) is 0 Å². The molecule has 6 nitrogen and oxygen atoms in total. The fourth-order valence-electron chi connectivity index (χ4n) is 2.59. The Kier molecular flexibility index (Phi) is 5.22. The number of ether oxygens (including phenoxy) is 2. The van der Waals surface area contributed by atoms with Gasteiger partial charge in [-0.2, -0.15) is 5.10 Å². The summed E-state index contributed by atoms with van der Waals surface area (Å²) < 4.78 is 12.3. The van der Waals surface area contributed by atoms with Gasteiger partial charge in [0, 0.05) is 24.2 Å². The molecule has 0 atom stereocenters. The van der Waals surface area contributed by atoms with Gasteiger partial charge in [-0.25, -0.2) is 0 Å². The van der Waals surface area contributed by atoms with Gasteiger partial charge in [0.2, 0.25) is 0 Å². The Balaban J connectivity index is 1.81. The van der Waals surface area contributed by atoms with Crippen molar-refractivity contribution in [2.24, 2.45) is 7.05 Å². The largest absolute Gasteiger partial charge is 0.497 e. The van der Waals surface area contributed by atoms with Crippen molar-refractivity contribution < 1.29 is 14.3 Å². The molecule has 0 saturated heterocycles. The summed E-state index contributed by atoms with van der Waals surface area (Å²) in [5.74, 6) is 1.81. The lowest BCUT2D eigenvalue weighted by molar-refractivity contribution is 0.102. The van der Waals surface area contributed by atoms with E-state index in [0.717, 1.165) is 17.0 Å². The lowest BCUT2D eigenvalue weighted by Gasteiger charge is -2.07. The Morgan fingerprint density at radius 2 is 1.88 bits per heavy atom. The number of methoxy groups -OCH3 is 1. The van der Waals surface area contributed by atoms with Gasteiger partial charge in [-0.15, -0.1) is 0 Å². The maximum atomic E-state index is 12.5. The number of carbonyl (C=O) groups is 1. The topological polar surface area (TPSA) is 65.4 Å². The van der Waals surface area contributed by atoms with E-state index in [4.69, 9.17) is 9.47 Å². The lowest BCUT2D eigenvalue weighted by atomic mass is 10.1. The van der Waals surface area contributed by atoms with Crippen molar-refractivity contribution in [3.8, 4) is 22.8 Å². The van der Waals surface area contributed by atoms with E-state index in [9.17, 15) is 4.79 Å². The van der Waals surface area contributed by atoms with E-state index < -0.39 is 0 Å². The number of rotatable bonds is 6. The average molecular weight is 351 g/mol. The maximum absolute atomic E-state index is 12.5. The molecule has 0 spiro atoms. The molecule has 0 unspecified atom stereocenters. The van der Waals surface area contributed by atoms with Crippen molar-refractivity contribution in [1.29, 1.82) is 0 Å². The van der Waals surface area contributed by atoms with Crippen molar-refractivity contribution in [1.82, 2.24) is 9.78 Å². The Bertz CT molecular complexity index is 918. The van der Waals surface area contributed by atoms with E-state index in [-0.39, 0.29) is 5.91 Å². The minimum atomic E-state index is -0.216. The Morgan fingerprint density at radius 1 is 1.12 bits per heavy atom. The Morgan fingerprint density at radius 3 is 2.65 bits per heavy atom.